The Balaban J connectivity index is 2.11. The van der Waals surface area contributed by atoms with Crippen molar-refractivity contribution >= 4 is 27.5 Å². The second kappa shape index (κ2) is 4.84. The monoisotopic (exact) mass is 284 g/mol. The first-order valence-corrected chi connectivity index (χ1v) is 5.90. The van der Waals surface area contributed by atoms with E-state index in [1.807, 2.05) is 0 Å². The Labute approximate surface area is 102 Å². The van der Waals surface area contributed by atoms with E-state index in [4.69, 9.17) is 10.5 Å². The second-order valence-electron chi connectivity index (χ2n) is 3.74. The highest BCUT2D eigenvalue weighted by Crippen LogP contribution is 2.23. The number of amides is 1. The molecule has 0 aromatic heterocycles. The summed E-state index contributed by atoms with van der Waals surface area (Å²) in [6, 6.07) is 5.37. The molecule has 1 amide bonds. The fourth-order valence-electron chi connectivity index (χ4n) is 1.64. The van der Waals surface area contributed by atoms with Crippen LogP contribution in [-0.2, 0) is 4.74 Å². The van der Waals surface area contributed by atoms with Gasteiger partial charge >= 0.3 is 0 Å². The highest BCUT2D eigenvalue weighted by molar-refractivity contribution is 9.10. The molecule has 0 saturated carbocycles. The fraction of sp³-hybridized carbons (Fsp3) is 0.364. The molecule has 4 nitrogen and oxygen atoms in total. The minimum absolute atomic E-state index is 0.112. The number of carbonyl (C=O) groups is 1. The van der Waals surface area contributed by atoms with Crippen LogP contribution in [-0.4, -0.2) is 25.2 Å². The zero-order valence-corrected chi connectivity index (χ0v) is 10.3. The van der Waals surface area contributed by atoms with E-state index in [-0.39, 0.29) is 11.9 Å². The molecule has 1 aromatic carbocycles. The molecule has 16 heavy (non-hydrogen) atoms. The Morgan fingerprint density at radius 1 is 1.56 bits per heavy atom. The minimum atomic E-state index is -0.116. The molecule has 5 heteroatoms. The Morgan fingerprint density at radius 2 is 2.38 bits per heavy atom. The van der Waals surface area contributed by atoms with Crippen molar-refractivity contribution in [2.75, 3.05) is 18.9 Å². The SMILES string of the molecule is Nc1cccc(C(=O)NC2CCOC2)c1Br. The average molecular weight is 285 g/mol. The van der Waals surface area contributed by atoms with Crippen LogP contribution >= 0.6 is 15.9 Å². The maximum atomic E-state index is 11.9. The maximum Gasteiger partial charge on any atom is 0.252 e. The molecule has 2 rings (SSSR count). The van der Waals surface area contributed by atoms with E-state index < -0.39 is 0 Å². The first kappa shape index (κ1) is 11.4. The number of rotatable bonds is 2. The number of hydrogen-bond donors (Lipinski definition) is 2. The number of hydrogen-bond acceptors (Lipinski definition) is 3. The Kier molecular flexibility index (Phi) is 3.46. The number of anilines is 1. The topological polar surface area (TPSA) is 64.4 Å². The van der Waals surface area contributed by atoms with Crippen LogP contribution in [0.2, 0.25) is 0 Å². The lowest BCUT2D eigenvalue weighted by atomic mass is 10.1. The van der Waals surface area contributed by atoms with E-state index in [2.05, 4.69) is 21.2 Å². The van der Waals surface area contributed by atoms with Gasteiger partial charge in [0.1, 0.15) is 0 Å². The van der Waals surface area contributed by atoms with Crippen molar-refractivity contribution in [3.63, 3.8) is 0 Å². The molecule has 0 spiro atoms. The predicted molar refractivity (Wildman–Crippen MR) is 65.2 cm³/mol. The molecular weight excluding hydrogens is 272 g/mol. The smallest absolute Gasteiger partial charge is 0.252 e. The molecule has 86 valence electrons. The van der Waals surface area contributed by atoms with Crippen LogP contribution in [0.4, 0.5) is 5.69 Å². The number of nitrogen functional groups attached to an aromatic ring is 1. The third kappa shape index (κ3) is 2.36. The van der Waals surface area contributed by atoms with E-state index in [0.717, 1.165) is 6.42 Å². The van der Waals surface area contributed by atoms with Crippen LogP contribution in [0, 0.1) is 0 Å². The van der Waals surface area contributed by atoms with Crippen LogP contribution < -0.4 is 11.1 Å². The van der Waals surface area contributed by atoms with E-state index >= 15 is 0 Å². The van der Waals surface area contributed by atoms with Gasteiger partial charge < -0.3 is 15.8 Å². The molecule has 0 bridgehead atoms. The van der Waals surface area contributed by atoms with Crippen LogP contribution in [0.15, 0.2) is 22.7 Å². The first-order valence-electron chi connectivity index (χ1n) is 5.11. The summed E-state index contributed by atoms with van der Waals surface area (Å²) in [5, 5.41) is 2.91. The van der Waals surface area contributed by atoms with Gasteiger partial charge in [0.05, 0.1) is 22.7 Å². The van der Waals surface area contributed by atoms with Crippen molar-refractivity contribution in [1.29, 1.82) is 0 Å². The Hall–Kier alpha value is -1.07. The molecule has 1 atom stereocenters. The summed E-state index contributed by atoms with van der Waals surface area (Å²) in [7, 11) is 0. The van der Waals surface area contributed by atoms with Gasteiger partial charge in [0.15, 0.2) is 0 Å². The fourth-order valence-corrected chi connectivity index (χ4v) is 2.08. The zero-order chi connectivity index (χ0) is 11.5. The molecule has 1 aliphatic heterocycles. The summed E-state index contributed by atoms with van der Waals surface area (Å²) in [6.07, 6.45) is 0.867. The van der Waals surface area contributed by atoms with Gasteiger partial charge in [-0.25, -0.2) is 0 Å². The summed E-state index contributed by atoms with van der Waals surface area (Å²) >= 11 is 3.31. The first-order chi connectivity index (χ1) is 7.68. The molecule has 1 aliphatic rings. The van der Waals surface area contributed by atoms with Crippen LogP contribution in [0.25, 0.3) is 0 Å². The molecule has 1 heterocycles. The maximum absolute atomic E-state index is 11.9. The number of benzene rings is 1. The number of nitrogens with one attached hydrogen (secondary N) is 1. The number of ether oxygens (including phenoxy) is 1. The molecule has 3 N–H and O–H groups in total. The van der Waals surface area contributed by atoms with Gasteiger partial charge in [-0.3, -0.25) is 4.79 Å². The number of carbonyl (C=O) groups excluding carboxylic acids is 1. The van der Waals surface area contributed by atoms with Crippen molar-refractivity contribution in [3.05, 3.63) is 28.2 Å². The van der Waals surface area contributed by atoms with E-state index in [1.54, 1.807) is 18.2 Å². The summed E-state index contributed by atoms with van der Waals surface area (Å²) in [5.74, 6) is -0.116. The van der Waals surface area contributed by atoms with Gasteiger partial charge in [-0.2, -0.15) is 0 Å². The molecule has 1 unspecified atom stereocenters. The highest BCUT2D eigenvalue weighted by atomic mass is 79.9. The van der Waals surface area contributed by atoms with Gasteiger partial charge in [-0.15, -0.1) is 0 Å². The third-order valence-corrected chi connectivity index (χ3v) is 3.42. The molecule has 1 aromatic rings. The van der Waals surface area contributed by atoms with Crippen LogP contribution in [0.1, 0.15) is 16.8 Å². The summed E-state index contributed by atoms with van der Waals surface area (Å²) in [5.41, 5.74) is 6.84. The van der Waals surface area contributed by atoms with Gasteiger partial charge in [0, 0.05) is 12.3 Å². The minimum Gasteiger partial charge on any atom is -0.398 e. The predicted octanol–water partition coefficient (Wildman–Crippen LogP) is 1.55. The van der Waals surface area contributed by atoms with Crippen LogP contribution in [0.3, 0.4) is 0 Å². The molecule has 0 radical (unpaired) electrons. The highest BCUT2D eigenvalue weighted by Gasteiger charge is 2.20. The normalized spacial score (nSPS) is 19.7. The molecule has 1 saturated heterocycles. The molecule has 1 fully saturated rings. The second-order valence-corrected chi connectivity index (χ2v) is 4.54. The largest absolute Gasteiger partial charge is 0.398 e. The van der Waals surface area contributed by atoms with Crippen molar-refractivity contribution in [2.24, 2.45) is 0 Å². The van der Waals surface area contributed by atoms with Gasteiger partial charge in [0.25, 0.3) is 5.91 Å². The average Bonchev–Trinajstić information content (AvgIpc) is 2.74. The van der Waals surface area contributed by atoms with E-state index in [9.17, 15) is 4.79 Å². The summed E-state index contributed by atoms with van der Waals surface area (Å²) in [6.45, 7) is 1.30. The van der Waals surface area contributed by atoms with Crippen molar-refractivity contribution in [3.8, 4) is 0 Å². The van der Waals surface area contributed by atoms with Crippen molar-refractivity contribution < 1.29 is 9.53 Å². The third-order valence-electron chi connectivity index (χ3n) is 2.54. The lowest BCUT2D eigenvalue weighted by molar-refractivity contribution is 0.0929. The number of nitrogens with two attached hydrogens (primary N) is 1. The van der Waals surface area contributed by atoms with Crippen molar-refractivity contribution in [2.45, 2.75) is 12.5 Å². The standard InChI is InChI=1S/C11H13BrN2O2/c12-10-8(2-1-3-9(10)13)11(15)14-7-4-5-16-6-7/h1-3,7H,4-6,13H2,(H,14,15). The Bertz CT molecular complexity index is 403. The Morgan fingerprint density at radius 3 is 3.06 bits per heavy atom. The summed E-state index contributed by atoms with van der Waals surface area (Å²) in [4.78, 5) is 11.9. The molecular formula is C11H13BrN2O2. The van der Waals surface area contributed by atoms with E-state index in [0.29, 0.717) is 28.9 Å². The van der Waals surface area contributed by atoms with Gasteiger partial charge in [-0.05, 0) is 34.5 Å². The number of halogens is 1. The zero-order valence-electron chi connectivity index (χ0n) is 8.70. The van der Waals surface area contributed by atoms with Crippen molar-refractivity contribution in [1.82, 2.24) is 5.32 Å². The summed E-state index contributed by atoms with van der Waals surface area (Å²) < 4.78 is 5.84. The van der Waals surface area contributed by atoms with E-state index in [1.165, 1.54) is 0 Å². The van der Waals surface area contributed by atoms with Crippen LogP contribution in [0.5, 0.6) is 0 Å². The van der Waals surface area contributed by atoms with Gasteiger partial charge in [-0.1, -0.05) is 6.07 Å². The quantitative estimate of drug-likeness (QED) is 0.810. The lowest BCUT2D eigenvalue weighted by Gasteiger charge is -2.12. The lowest BCUT2D eigenvalue weighted by Crippen LogP contribution is -2.35. The van der Waals surface area contributed by atoms with Gasteiger partial charge in [0.2, 0.25) is 0 Å². The molecule has 0 aliphatic carbocycles.